The number of anilines is 1. The van der Waals surface area contributed by atoms with Crippen LogP contribution in [0.5, 0.6) is 0 Å². The molecule has 1 amide bonds. The van der Waals surface area contributed by atoms with Crippen LogP contribution in [-0.4, -0.2) is 18.7 Å². The zero-order chi connectivity index (χ0) is 23.6. The van der Waals surface area contributed by atoms with Crippen molar-refractivity contribution in [2.45, 2.75) is 50.7 Å². The van der Waals surface area contributed by atoms with Crippen LogP contribution in [0.1, 0.15) is 55.2 Å². The van der Waals surface area contributed by atoms with Crippen LogP contribution in [0.25, 0.3) is 0 Å². The maximum absolute atomic E-state index is 13.5. The van der Waals surface area contributed by atoms with Gasteiger partial charge in [-0.3, -0.25) is 4.90 Å². The lowest BCUT2D eigenvalue weighted by molar-refractivity contribution is -0.137. The van der Waals surface area contributed by atoms with Crippen molar-refractivity contribution in [2.75, 3.05) is 11.5 Å². The zero-order valence-electron chi connectivity index (χ0n) is 17.4. The number of fused-ring (bicyclic) bond motifs is 1. The molecule has 9 heteroatoms. The Balaban J connectivity index is 2.21. The van der Waals surface area contributed by atoms with Gasteiger partial charge in [0, 0.05) is 22.0 Å². The molecule has 0 fully saturated rings. The highest BCUT2D eigenvalue weighted by atomic mass is 35.5. The largest absolute Gasteiger partial charge is 0.449 e. The molecule has 0 aliphatic carbocycles. The minimum absolute atomic E-state index is 0.132. The molecule has 32 heavy (non-hydrogen) atoms. The monoisotopic (exact) mass is 484 g/mol. The van der Waals surface area contributed by atoms with Crippen molar-refractivity contribution in [2.24, 2.45) is 0 Å². The molecule has 1 aliphatic heterocycles. The molecule has 1 unspecified atom stereocenters. The number of hydrogen-bond acceptors (Lipinski definition) is 3. The fraction of sp³-hybridized carbons (Fsp3) is 0.391. The fourth-order valence-electron chi connectivity index (χ4n) is 4.23. The van der Waals surface area contributed by atoms with Crippen LogP contribution in [0.3, 0.4) is 0 Å². The van der Waals surface area contributed by atoms with Crippen molar-refractivity contribution in [1.29, 1.82) is 5.26 Å². The van der Waals surface area contributed by atoms with Crippen LogP contribution < -0.4 is 4.90 Å². The molecule has 4 nitrogen and oxygen atoms in total. The number of halogens is 5. The van der Waals surface area contributed by atoms with Gasteiger partial charge in [0.25, 0.3) is 0 Å². The third-order valence-corrected chi connectivity index (χ3v) is 6.06. The van der Waals surface area contributed by atoms with Gasteiger partial charge in [0.15, 0.2) is 0 Å². The van der Waals surface area contributed by atoms with E-state index in [1.807, 2.05) is 6.92 Å². The minimum Gasteiger partial charge on any atom is -0.449 e. The third-order valence-electron chi connectivity index (χ3n) is 5.63. The molecule has 2 aromatic rings. The Hall–Kier alpha value is -2.43. The first-order valence-corrected chi connectivity index (χ1v) is 10.9. The Kier molecular flexibility index (Phi) is 7.26. The second kappa shape index (κ2) is 9.60. The fourth-order valence-corrected chi connectivity index (χ4v) is 4.77. The number of nitrogens with zero attached hydrogens (tertiary/aromatic N) is 2. The van der Waals surface area contributed by atoms with Gasteiger partial charge in [0.2, 0.25) is 0 Å². The van der Waals surface area contributed by atoms with Crippen molar-refractivity contribution in [3.05, 3.63) is 63.1 Å². The van der Waals surface area contributed by atoms with Crippen LogP contribution >= 0.6 is 23.2 Å². The van der Waals surface area contributed by atoms with E-state index in [0.717, 1.165) is 12.1 Å². The standard InChI is InChI=1S/C23H21Cl2F3N2O2/c1-3-17-11-18(20(12-29)13-7-15(24)10-16(25)8-13)19-9-14(23(26,27)28)5-6-21(19)30(17)22(31)32-4-2/h5-10,17-18,20H,3-4,11H2,1-2H3/t17-,18+,20?/m1/s1. The normalized spacial score (nSPS) is 19.1. The minimum atomic E-state index is -4.57. The number of nitriles is 1. The second-order valence-corrected chi connectivity index (χ2v) is 8.43. The molecular formula is C23H21Cl2F3N2O2. The molecular weight excluding hydrogens is 464 g/mol. The van der Waals surface area contributed by atoms with Gasteiger partial charge in [0.05, 0.1) is 29.8 Å². The topological polar surface area (TPSA) is 53.3 Å². The van der Waals surface area contributed by atoms with Crippen molar-refractivity contribution >= 4 is 35.0 Å². The molecule has 0 saturated heterocycles. The Bertz CT molecular complexity index is 1030. The van der Waals surface area contributed by atoms with Gasteiger partial charge in [-0.15, -0.1) is 0 Å². The Morgan fingerprint density at radius 1 is 1.22 bits per heavy atom. The summed E-state index contributed by atoms with van der Waals surface area (Å²) in [5.74, 6) is -1.42. The molecule has 0 aromatic heterocycles. The van der Waals surface area contributed by atoms with E-state index in [0.29, 0.717) is 27.7 Å². The summed E-state index contributed by atoms with van der Waals surface area (Å²) in [6, 6.07) is 9.82. The summed E-state index contributed by atoms with van der Waals surface area (Å²) < 4.78 is 45.7. The molecule has 170 valence electrons. The van der Waals surface area contributed by atoms with Gasteiger partial charge in [-0.25, -0.2) is 4.79 Å². The highest BCUT2D eigenvalue weighted by Gasteiger charge is 2.42. The van der Waals surface area contributed by atoms with Crippen molar-refractivity contribution in [3.8, 4) is 6.07 Å². The Morgan fingerprint density at radius 2 is 1.88 bits per heavy atom. The molecule has 0 spiro atoms. The van der Waals surface area contributed by atoms with E-state index in [4.69, 9.17) is 27.9 Å². The molecule has 2 aromatic carbocycles. The lowest BCUT2D eigenvalue weighted by Gasteiger charge is -2.41. The number of hydrogen-bond donors (Lipinski definition) is 0. The summed E-state index contributed by atoms with van der Waals surface area (Å²) in [7, 11) is 0. The van der Waals surface area contributed by atoms with E-state index < -0.39 is 29.7 Å². The quantitative estimate of drug-likeness (QED) is 0.449. The smallest absolute Gasteiger partial charge is 0.416 e. The summed E-state index contributed by atoms with van der Waals surface area (Å²) in [6.07, 6.45) is -4.38. The summed E-state index contributed by atoms with van der Waals surface area (Å²) in [5, 5.41) is 10.7. The third kappa shape index (κ3) is 4.82. The number of ether oxygens (including phenoxy) is 1. The lowest BCUT2D eigenvalue weighted by atomic mass is 9.74. The first-order chi connectivity index (χ1) is 15.1. The van der Waals surface area contributed by atoms with Crippen molar-refractivity contribution in [1.82, 2.24) is 0 Å². The second-order valence-electron chi connectivity index (χ2n) is 7.55. The molecule has 3 rings (SSSR count). The number of rotatable bonds is 4. The predicted octanol–water partition coefficient (Wildman–Crippen LogP) is 7.55. The van der Waals surface area contributed by atoms with Crippen LogP contribution in [0, 0.1) is 11.3 Å². The van der Waals surface area contributed by atoms with Crippen LogP contribution in [0.2, 0.25) is 10.0 Å². The summed E-state index contributed by atoms with van der Waals surface area (Å²) in [5.41, 5.74) is 0.242. The van der Waals surface area contributed by atoms with Crippen LogP contribution in [0.15, 0.2) is 36.4 Å². The number of alkyl halides is 3. The molecule has 0 bridgehead atoms. The summed E-state index contributed by atoms with van der Waals surface area (Å²) in [6.45, 7) is 3.67. The zero-order valence-corrected chi connectivity index (χ0v) is 18.9. The molecule has 0 saturated carbocycles. The van der Waals surface area contributed by atoms with Gasteiger partial charge < -0.3 is 4.74 Å². The van der Waals surface area contributed by atoms with Gasteiger partial charge in [-0.2, -0.15) is 18.4 Å². The first kappa shape index (κ1) is 24.2. The predicted molar refractivity (Wildman–Crippen MR) is 117 cm³/mol. The average molecular weight is 485 g/mol. The highest BCUT2D eigenvalue weighted by Crippen LogP contribution is 2.48. The van der Waals surface area contributed by atoms with E-state index in [1.165, 1.54) is 17.0 Å². The molecule has 3 atom stereocenters. The number of amides is 1. The number of benzene rings is 2. The van der Waals surface area contributed by atoms with Crippen LogP contribution in [-0.2, 0) is 10.9 Å². The van der Waals surface area contributed by atoms with E-state index in [-0.39, 0.29) is 24.6 Å². The molecule has 0 N–H and O–H groups in total. The lowest BCUT2D eigenvalue weighted by Crippen LogP contribution is -2.45. The number of carbonyl (C=O) groups excluding carboxylic acids is 1. The van der Waals surface area contributed by atoms with Crippen molar-refractivity contribution < 1.29 is 22.7 Å². The van der Waals surface area contributed by atoms with Crippen LogP contribution in [0.4, 0.5) is 23.7 Å². The Morgan fingerprint density at radius 3 is 2.41 bits per heavy atom. The van der Waals surface area contributed by atoms with Gasteiger partial charge >= 0.3 is 12.3 Å². The average Bonchev–Trinajstić information content (AvgIpc) is 2.72. The van der Waals surface area contributed by atoms with Gasteiger partial charge in [0.1, 0.15) is 0 Å². The Labute approximate surface area is 194 Å². The highest BCUT2D eigenvalue weighted by molar-refractivity contribution is 6.34. The maximum Gasteiger partial charge on any atom is 0.416 e. The van der Waals surface area contributed by atoms with E-state index in [1.54, 1.807) is 19.1 Å². The molecule has 0 radical (unpaired) electrons. The summed E-state index contributed by atoms with van der Waals surface area (Å²) in [4.78, 5) is 14.1. The SMILES string of the molecule is CCOC(=O)N1c2ccc(C(F)(F)F)cc2[C@@H](C(C#N)c2cc(Cl)cc(Cl)c2)C[C@H]1CC. The summed E-state index contributed by atoms with van der Waals surface area (Å²) >= 11 is 12.2. The van der Waals surface area contributed by atoms with Gasteiger partial charge in [-0.05, 0) is 67.3 Å². The van der Waals surface area contributed by atoms with E-state index >= 15 is 0 Å². The van der Waals surface area contributed by atoms with Crippen molar-refractivity contribution in [3.63, 3.8) is 0 Å². The molecule has 1 heterocycles. The first-order valence-electron chi connectivity index (χ1n) is 10.1. The van der Waals surface area contributed by atoms with E-state index in [2.05, 4.69) is 6.07 Å². The maximum atomic E-state index is 13.5. The van der Waals surface area contributed by atoms with Gasteiger partial charge in [-0.1, -0.05) is 30.1 Å². The number of carbonyl (C=O) groups is 1. The van der Waals surface area contributed by atoms with E-state index in [9.17, 15) is 23.2 Å². The molecule has 1 aliphatic rings.